The Morgan fingerprint density at radius 3 is 2.83 bits per heavy atom. The van der Waals surface area contributed by atoms with Crippen LogP contribution in [0.4, 0.5) is 0 Å². The number of aliphatic hydroxyl groups excluding tert-OH is 1. The first-order valence-electron chi connectivity index (χ1n) is 3.95. The smallest absolute Gasteiger partial charge is 0.101 e. The molecular weight excluding hydrogens is 265 g/mol. The van der Waals surface area contributed by atoms with Gasteiger partial charge in [0.25, 0.3) is 0 Å². The predicted molar refractivity (Wildman–Crippen MR) is 56.9 cm³/mol. The molecule has 1 rings (SSSR count). The number of hydrogen-bond donors (Lipinski definition) is 1. The van der Waals surface area contributed by atoms with Gasteiger partial charge in [-0.3, -0.25) is 0 Å². The van der Waals surface area contributed by atoms with E-state index in [0.29, 0.717) is 0 Å². The summed E-state index contributed by atoms with van der Waals surface area (Å²) in [5.41, 5.74) is 2.06. The molecule has 0 aliphatic carbocycles. The van der Waals surface area contributed by atoms with Gasteiger partial charge in [0.2, 0.25) is 0 Å². The molecule has 0 fully saturated rings. The lowest BCUT2D eigenvalue weighted by atomic mass is 10.1. The second-order valence-electron chi connectivity index (χ2n) is 2.79. The maximum absolute atomic E-state index is 9.56. The summed E-state index contributed by atoms with van der Waals surface area (Å²) in [7, 11) is 0. The highest BCUT2D eigenvalue weighted by molar-refractivity contribution is 14.1. The quantitative estimate of drug-likeness (QED) is 0.665. The maximum atomic E-state index is 9.56. The minimum Gasteiger partial charge on any atom is -0.388 e. The zero-order chi connectivity index (χ0) is 9.14. The molecule has 0 aromatic carbocycles. The molecule has 0 saturated heterocycles. The van der Waals surface area contributed by atoms with Crippen molar-refractivity contribution < 1.29 is 5.11 Å². The predicted octanol–water partition coefficient (Wildman–Crippen LogP) is 2.44. The van der Waals surface area contributed by atoms with Crippen LogP contribution in [0.3, 0.4) is 0 Å². The van der Waals surface area contributed by atoms with Crippen LogP contribution in [0.15, 0.2) is 12.3 Å². The van der Waals surface area contributed by atoms with Crippen molar-refractivity contribution in [2.24, 2.45) is 0 Å². The van der Waals surface area contributed by atoms with Crippen LogP contribution in [0.1, 0.15) is 30.6 Å². The van der Waals surface area contributed by atoms with Gasteiger partial charge in [-0.1, -0.05) is 6.92 Å². The van der Waals surface area contributed by atoms with Gasteiger partial charge in [0, 0.05) is 11.8 Å². The number of nitrogens with zero attached hydrogens (tertiary/aromatic N) is 1. The van der Waals surface area contributed by atoms with Crippen LogP contribution >= 0.6 is 22.6 Å². The summed E-state index contributed by atoms with van der Waals surface area (Å²) in [6, 6.07) is 1.98. The number of rotatable bonds is 2. The van der Waals surface area contributed by atoms with Crippen molar-refractivity contribution >= 4 is 22.6 Å². The highest BCUT2D eigenvalue weighted by atomic mass is 127. The number of hydrogen-bond acceptors (Lipinski definition) is 2. The second-order valence-corrected chi connectivity index (χ2v) is 3.89. The van der Waals surface area contributed by atoms with Crippen molar-refractivity contribution in [2.75, 3.05) is 0 Å². The van der Waals surface area contributed by atoms with Gasteiger partial charge in [-0.25, -0.2) is 4.98 Å². The SMILES string of the molecule is CC[C@H](O)c1cnc(I)cc1C. The number of aromatic nitrogens is 1. The topological polar surface area (TPSA) is 33.1 Å². The van der Waals surface area contributed by atoms with Gasteiger partial charge in [0.05, 0.1) is 6.10 Å². The summed E-state index contributed by atoms with van der Waals surface area (Å²) in [6.45, 7) is 3.96. The van der Waals surface area contributed by atoms with Crippen molar-refractivity contribution in [2.45, 2.75) is 26.4 Å². The Labute approximate surface area is 86.2 Å². The summed E-state index contributed by atoms with van der Waals surface area (Å²) < 4.78 is 0.970. The summed E-state index contributed by atoms with van der Waals surface area (Å²) in [5, 5.41) is 9.56. The third kappa shape index (κ3) is 2.17. The normalized spacial score (nSPS) is 13.0. The highest BCUT2D eigenvalue weighted by Gasteiger charge is 2.08. The van der Waals surface area contributed by atoms with E-state index >= 15 is 0 Å². The van der Waals surface area contributed by atoms with Crippen LogP contribution in [0.2, 0.25) is 0 Å². The number of pyridine rings is 1. The van der Waals surface area contributed by atoms with Crippen molar-refractivity contribution in [3.05, 3.63) is 27.1 Å². The molecule has 0 amide bonds. The molecule has 0 spiro atoms. The molecule has 0 aliphatic rings. The average molecular weight is 277 g/mol. The Hall–Kier alpha value is -0.160. The molecular formula is C9H12INO. The first kappa shape index (κ1) is 9.92. The van der Waals surface area contributed by atoms with Gasteiger partial charge >= 0.3 is 0 Å². The van der Waals surface area contributed by atoms with E-state index in [1.54, 1.807) is 6.20 Å². The minimum atomic E-state index is -0.366. The summed E-state index contributed by atoms with van der Waals surface area (Å²) in [5.74, 6) is 0. The van der Waals surface area contributed by atoms with Gasteiger partial charge in [0.1, 0.15) is 3.70 Å². The van der Waals surface area contributed by atoms with Gasteiger partial charge in [0.15, 0.2) is 0 Å². The largest absolute Gasteiger partial charge is 0.388 e. The third-order valence-electron chi connectivity index (χ3n) is 1.86. The number of aryl methyl sites for hydroxylation is 1. The average Bonchev–Trinajstić information content (AvgIpc) is 2.03. The van der Waals surface area contributed by atoms with Crippen LogP contribution < -0.4 is 0 Å². The lowest BCUT2D eigenvalue weighted by Crippen LogP contribution is -1.99. The van der Waals surface area contributed by atoms with E-state index in [9.17, 15) is 5.11 Å². The lowest BCUT2D eigenvalue weighted by molar-refractivity contribution is 0.172. The van der Waals surface area contributed by atoms with Gasteiger partial charge in [-0.15, -0.1) is 0 Å². The monoisotopic (exact) mass is 277 g/mol. The van der Waals surface area contributed by atoms with E-state index in [0.717, 1.165) is 21.2 Å². The van der Waals surface area contributed by atoms with E-state index in [-0.39, 0.29) is 6.10 Å². The van der Waals surface area contributed by atoms with Crippen molar-refractivity contribution in [3.63, 3.8) is 0 Å². The van der Waals surface area contributed by atoms with Crippen LogP contribution in [0.25, 0.3) is 0 Å². The summed E-state index contributed by atoms with van der Waals surface area (Å²) >= 11 is 2.16. The third-order valence-corrected chi connectivity index (χ3v) is 2.45. The Balaban J connectivity index is 3.01. The van der Waals surface area contributed by atoms with Crippen molar-refractivity contribution in [3.8, 4) is 0 Å². The van der Waals surface area contributed by atoms with Crippen LogP contribution in [-0.4, -0.2) is 10.1 Å². The molecule has 2 nitrogen and oxygen atoms in total. The molecule has 1 heterocycles. The van der Waals surface area contributed by atoms with Crippen LogP contribution in [-0.2, 0) is 0 Å². The fourth-order valence-electron chi connectivity index (χ4n) is 1.10. The Morgan fingerprint density at radius 1 is 1.67 bits per heavy atom. The Morgan fingerprint density at radius 2 is 2.33 bits per heavy atom. The molecule has 1 N–H and O–H groups in total. The summed E-state index contributed by atoms with van der Waals surface area (Å²) in [4.78, 5) is 4.14. The molecule has 1 atom stereocenters. The first-order chi connectivity index (χ1) is 5.65. The zero-order valence-electron chi connectivity index (χ0n) is 7.21. The molecule has 0 unspecified atom stereocenters. The Kier molecular flexibility index (Phi) is 3.46. The highest BCUT2D eigenvalue weighted by Crippen LogP contribution is 2.20. The molecule has 0 aliphatic heterocycles. The first-order valence-corrected chi connectivity index (χ1v) is 5.03. The van der Waals surface area contributed by atoms with E-state index < -0.39 is 0 Å². The van der Waals surface area contributed by atoms with Crippen LogP contribution in [0.5, 0.6) is 0 Å². The van der Waals surface area contributed by atoms with E-state index in [1.807, 2.05) is 19.9 Å². The van der Waals surface area contributed by atoms with E-state index in [2.05, 4.69) is 27.6 Å². The zero-order valence-corrected chi connectivity index (χ0v) is 9.37. The fourth-order valence-corrected chi connectivity index (χ4v) is 1.71. The van der Waals surface area contributed by atoms with E-state index in [4.69, 9.17) is 0 Å². The molecule has 66 valence electrons. The molecule has 12 heavy (non-hydrogen) atoms. The van der Waals surface area contributed by atoms with Gasteiger partial charge in [-0.05, 0) is 47.6 Å². The summed E-state index contributed by atoms with van der Waals surface area (Å²) in [6.07, 6.45) is 2.13. The van der Waals surface area contributed by atoms with E-state index in [1.165, 1.54) is 0 Å². The molecule has 0 saturated carbocycles. The maximum Gasteiger partial charge on any atom is 0.101 e. The van der Waals surface area contributed by atoms with Gasteiger partial charge < -0.3 is 5.11 Å². The number of aliphatic hydroxyl groups is 1. The molecule has 1 aromatic rings. The molecule has 3 heteroatoms. The number of halogens is 1. The van der Waals surface area contributed by atoms with Crippen LogP contribution in [0, 0.1) is 10.6 Å². The van der Waals surface area contributed by atoms with Gasteiger partial charge in [-0.2, -0.15) is 0 Å². The van der Waals surface area contributed by atoms with Crippen molar-refractivity contribution in [1.29, 1.82) is 0 Å². The Bertz CT molecular complexity index is 275. The molecule has 0 bridgehead atoms. The second kappa shape index (κ2) is 4.18. The molecule has 1 aromatic heterocycles. The minimum absolute atomic E-state index is 0.366. The fraction of sp³-hybridized carbons (Fsp3) is 0.444. The lowest BCUT2D eigenvalue weighted by Gasteiger charge is -2.10. The van der Waals surface area contributed by atoms with Crippen molar-refractivity contribution in [1.82, 2.24) is 4.98 Å². The standard InChI is InChI=1S/C9H12INO/c1-3-8(12)7-5-11-9(10)4-6(7)2/h4-5,8,12H,3H2,1-2H3/t8-/m0/s1. The molecule has 0 radical (unpaired) electrons.